The summed E-state index contributed by atoms with van der Waals surface area (Å²) in [5.41, 5.74) is 1.63. The first-order valence-corrected chi connectivity index (χ1v) is 11.9. The lowest BCUT2D eigenvalue weighted by Gasteiger charge is -2.36. The van der Waals surface area contributed by atoms with Gasteiger partial charge in [-0.1, -0.05) is 17.4 Å². The van der Waals surface area contributed by atoms with Crippen LogP contribution < -0.4 is 9.80 Å². The predicted molar refractivity (Wildman–Crippen MR) is 113 cm³/mol. The zero-order valence-electron chi connectivity index (χ0n) is 16.2. The lowest BCUT2D eigenvalue weighted by atomic mass is 10.0. The van der Waals surface area contributed by atoms with Crippen molar-refractivity contribution in [3.8, 4) is 0 Å². The van der Waals surface area contributed by atoms with Crippen molar-refractivity contribution in [3.63, 3.8) is 0 Å². The monoisotopic (exact) mass is 417 g/mol. The summed E-state index contributed by atoms with van der Waals surface area (Å²) in [7, 11) is -1.25. The van der Waals surface area contributed by atoms with E-state index in [1.54, 1.807) is 23.5 Å². The molecular formula is C19H23N5O2S2. The van der Waals surface area contributed by atoms with Gasteiger partial charge in [0.1, 0.15) is 5.52 Å². The van der Waals surface area contributed by atoms with Crippen molar-refractivity contribution in [2.75, 3.05) is 36.2 Å². The number of nitrogens with zero attached hydrogens (tertiary/aromatic N) is 5. The van der Waals surface area contributed by atoms with E-state index in [4.69, 9.17) is 0 Å². The summed E-state index contributed by atoms with van der Waals surface area (Å²) in [6.45, 7) is 3.72. The van der Waals surface area contributed by atoms with Crippen LogP contribution in [0.2, 0.25) is 0 Å². The van der Waals surface area contributed by atoms with Gasteiger partial charge < -0.3 is 9.80 Å². The van der Waals surface area contributed by atoms with Gasteiger partial charge >= 0.3 is 0 Å². The third-order valence-electron chi connectivity index (χ3n) is 5.14. The first-order chi connectivity index (χ1) is 13.3. The van der Waals surface area contributed by atoms with E-state index in [1.165, 1.54) is 6.26 Å². The zero-order chi connectivity index (χ0) is 19.9. The molecule has 0 amide bonds. The third kappa shape index (κ3) is 3.68. The summed E-state index contributed by atoms with van der Waals surface area (Å²) >= 11 is 1.55. The number of thiazole rings is 1. The average molecular weight is 418 g/mol. The number of para-hydroxylation sites is 1. The fourth-order valence-corrected chi connectivity index (χ4v) is 5.46. The van der Waals surface area contributed by atoms with Crippen LogP contribution in [0.15, 0.2) is 35.5 Å². The van der Waals surface area contributed by atoms with Gasteiger partial charge in [-0.05, 0) is 37.5 Å². The van der Waals surface area contributed by atoms with E-state index in [9.17, 15) is 8.42 Å². The van der Waals surface area contributed by atoms with Gasteiger partial charge in [-0.15, -0.1) is 0 Å². The quantitative estimate of drug-likeness (QED) is 0.646. The minimum atomic E-state index is -3.30. The molecule has 4 rings (SSSR count). The lowest BCUT2D eigenvalue weighted by Crippen LogP contribution is -2.44. The number of rotatable bonds is 4. The van der Waals surface area contributed by atoms with Gasteiger partial charge in [0.2, 0.25) is 5.95 Å². The molecule has 0 atom stereocenters. The number of fused-ring (bicyclic) bond motifs is 1. The summed E-state index contributed by atoms with van der Waals surface area (Å²) in [6, 6.07) is 5.72. The Kier molecular flexibility index (Phi) is 4.96. The standard InChI is InChI=1S/C19H23N5O2S2/c1-13-11-20-18(21-12-13)23(2)14-7-9-24(10-8-14)19-22-17-15(27-19)5-4-6-16(17)28(3,25)26/h4-6,11-12,14H,7-10H2,1-3H3. The normalized spacial score (nSPS) is 15.9. The first-order valence-electron chi connectivity index (χ1n) is 9.19. The molecule has 1 aliphatic rings. The molecule has 0 bridgehead atoms. The van der Waals surface area contributed by atoms with Gasteiger partial charge in [0.05, 0.1) is 9.60 Å². The van der Waals surface area contributed by atoms with E-state index >= 15 is 0 Å². The number of sulfone groups is 1. The second kappa shape index (κ2) is 7.29. The summed E-state index contributed by atoms with van der Waals surface area (Å²) < 4.78 is 25.0. The summed E-state index contributed by atoms with van der Waals surface area (Å²) in [4.78, 5) is 18.2. The molecule has 1 aliphatic heterocycles. The topological polar surface area (TPSA) is 79.3 Å². The average Bonchev–Trinajstić information content (AvgIpc) is 3.11. The molecule has 0 N–H and O–H groups in total. The van der Waals surface area contributed by atoms with Crippen LogP contribution in [0, 0.1) is 6.92 Å². The fourth-order valence-electron chi connectivity index (χ4n) is 3.52. The van der Waals surface area contributed by atoms with Gasteiger partial charge in [-0.2, -0.15) is 0 Å². The number of benzene rings is 1. The van der Waals surface area contributed by atoms with Crippen molar-refractivity contribution in [1.29, 1.82) is 0 Å². The number of piperidine rings is 1. The van der Waals surface area contributed by atoms with E-state index in [0.29, 0.717) is 16.5 Å². The SMILES string of the molecule is Cc1cnc(N(C)C2CCN(c3nc4c(S(C)(=O)=O)cccc4s3)CC2)nc1. The van der Waals surface area contributed by atoms with Crippen molar-refractivity contribution in [2.45, 2.75) is 30.7 Å². The van der Waals surface area contributed by atoms with Crippen LogP contribution in [0.3, 0.4) is 0 Å². The van der Waals surface area contributed by atoms with Crippen molar-refractivity contribution >= 4 is 42.5 Å². The van der Waals surface area contributed by atoms with Crippen molar-refractivity contribution in [3.05, 3.63) is 36.2 Å². The van der Waals surface area contributed by atoms with Crippen molar-refractivity contribution in [2.24, 2.45) is 0 Å². The summed E-state index contributed by atoms with van der Waals surface area (Å²) in [5.74, 6) is 0.752. The molecule has 3 aromatic rings. The molecule has 0 unspecified atom stereocenters. The minimum absolute atomic E-state index is 0.304. The fraction of sp³-hybridized carbons (Fsp3) is 0.421. The zero-order valence-corrected chi connectivity index (χ0v) is 17.8. The van der Waals surface area contributed by atoms with Crippen LogP contribution in [0.4, 0.5) is 11.1 Å². The molecule has 0 aliphatic carbocycles. The van der Waals surface area contributed by atoms with Crippen molar-refractivity contribution in [1.82, 2.24) is 15.0 Å². The smallest absolute Gasteiger partial charge is 0.225 e. The van der Waals surface area contributed by atoms with Gasteiger partial charge in [-0.3, -0.25) is 0 Å². The van der Waals surface area contributed by atoms with E-state index in [0.717, 1.165) is 47.3 Å². The molecule has 2 aromatic heterocycles. The highest BCUT2D eigenvalue weighted by Crippen LogP contribution is 2.34. The molecule has 0 spiro atoms. The van der Waals surface area contributed by atoms with Gasteiger partial charge in [0.15, 0.2) is 15.0 Å². The number of aromatic nitrogens is 3. The Morgan fingerprint density at radius 1 is 1.18 bits per heavy atom. The molecule has 0 saturated carbocycles. The Labute approximate surface area is 169 Å². The molecule has 9 heteroatoms. The van der Waals surface area contributed by atoms with Crippen LogP contribution in [-0.2, 0) is 9.84 Å². The molecule has 0 radical (unpaired) electrons. The maximum Gasteiger partial charge on any atom is 0.225 e. The molecule has 148 valence electrons. The number of aryl methyl sites for hydroxylation is 1. The number of anilines is 2. The first kappa shape index (κ1) is 19.1. The van der Waals surface area contributed by atoms with Crippen LogP contribution in [0.5, 0.6) is 0 Å². The van der Waals surface area contributed by atoms with E-state index in [2.05, 4.69) is 24.8 Å². The summed E-state index contributed by atoms with van der Waals surface area (Å²) in [6.07, 6.45) is 6.86. The van der Waals surface area contributed by atoms with E-state index < -0.39 is 9.84 Å². The Bertz CT molecular complexity index is 1090. The van der Waals surface area contributed by atoms with Crippen LogP contribution in [0.25, 0.3) is 10.2 Å². The maximum absolute atomic E-state index is 12.0. The van der Waals surface area contributed by atoms with Crippen LogP contribution >= 0.6 is 11.3 Å². The highest BCUT2D eigenvalue weighted by atomic mass is 32.2. The Balaban J connectivity index is 1.50. The molecule has 1 saturated heterocycles. The van der Waals surface area contributed by atoms with Gasteiger partial charge in [0.25, 0.3) is 0 Å². The van der Waals surface area contributed by atoms with Crippen molar-refractivity contribution < 1.29 is 8.42 Å². The second-order valence-corrected chi connectivity index (χ2v) is 10.3. The van der Waals surface area contributed by atoms with Crippen LogP contribution in [-0.4, -0.2) is 55.8 Å². The molecule has 1 fully saturated rings. The Hall–Kier alpha value is -2.26. The third-order valence-corrected chi connectivity index (χ3v) is 7.35. The van der Waals surface area contributed by atoms with E-state index in [1.807, 2.05) is 32.4 Å². The predicted octanol–water partition coefficient (Wildman–Crippen LogP) is 2.90. The highest BCUT2D eigenvalue weighted by Gasteiger charge is 2.26. The molecule has 7 nitrogen and oxygen atoms in total. The number of hydrogen-bond donors (Lipinski definition) is 0. The number of hydrogen-bond acceptors (Lipinski definition) is 8. The molecule has 3 heterocycles. The molecule has 1 aromatic carbocycles. The Morgan fingerprint density at radius 2 is 1.86 bits per heavy atom. The Morgan fingerprint density at radius 3 is 2.50 bits per heavy atom. The summed E-state index contributed by atoms with van der Waals surface area (Å²) in [5, 5.41) is 0.888. The lowest BCUT2D eigenvalue weighted by molar-refractivity contribution is 0.477. The largest absolute Gasteiger partial charge is 0.348 e. The highest BCUT2D eigenvalue weighted by molar-refractivity contribution is 7.91. The molecular weight excluding hydrogens is 394 g/mol. The van der Waals surface area contributed by atoms with Crippen LogP contribution in [0.1, 0.15) is 18.4 Å². The second-order valence-electron chi connectivity index (χ2n) is 7.26. The minimum Gasteiger partial charge on any atom is -0.348 e. The molecule has 28 heavy (non-hydrogen) atoms. The maximum atomic E-state index is 12.0. The van der Waals surface area contributed by atoms with Gasteiger partial charge in [-0.25, -0.2) is 23.4 Å². The van der Waals surface area contributed by atoms with E-state index in [-0.39, 0.29) is 0 Å². The van der Waals surface area contributed by atoms with Gasteiger partial charge in [0, 0.05) is 44.8 Å².